The second-order valence-electron chi connectivity index (χ2n) is 7.13. The van der Waals surface area contributed by atoms with Gasteiger partial charge in [0.1, 0.15) is 0 Å². The zero-order valence-corrected chi connectivity index (χ0v) is 13.8. The molecule has 1 aliphatic heterocycles. The summed E-state index contributed by atoms with van der Waals surface area (Å²) < 4.78 is 2.28. The molecule has 0 amide bonds. The Kier molecular flexibility index (Phi) is 4.57. The van der Waals surface area contributed by atoms with Crippen molar-refractivity contribution in [2.75, 3.05) is 13.1 Å². The van der Waals surface area contributed by atoms with E-state index in [4.69, 9.17) is 0 Å². The maximum absolute atomic E-state index is 12.1. The Hall–Kier alpha value is -1.29. The predicted octanol–water partition coefficient (Wildman–Crippen LogP) is 3.21. The van der Waals surface area contributed by atoms with Crippen LogP contribution >= 0.6 is 0 Å². The van der Waals surface area contributed by atoms with E-state index in [2.05, 4.69) is 16.4 Å². The second kappa shape index (κ2) is 6.45. The third-order valence-electron chi connectivity index (χ3n) is 5.49. The van der Waals surface area contributed by atoms with Gasteiger partial charge in [0.15, 0.2) is 5.75 Å². The van der Waals surface area contributed by atoms with E-state index in [9.17, 15) is 9.90 Å². The molecule has 3 rings (SSSR count). The van der Waals surface area contributed by atoms with Crippen LogP contribution in [0.3, 0.4) is 0 Å². The molecule has 2 heterocycles. The lowest BCUT2D eigenvalue weighted by atomic mass is 9.85. The molecule has 2 aliphatic rings. The van der Waals surface area contributed by atoms with Crippen LogP contribution in [0, 0.1) is 12.8 Å². The Bertz CT molecular complexity index is 587. The number of nitrogens with zero attached hydrogens (tertiary/aromatic N) is 2. The molecule has 22 heavy (non-hydrogen) atoms. The maximum Gasteiger partial charge on any atom is 0.223 e. The van der Waals surface area contributed by atoms with Gasteiger partial charge in [-0.05, 0) is 51.6 Å². The molecule has 1 aromatic rings. The summed E-state index contributed by atoms with van der Waals surface area (Å²) in [5.74, 6) is 0.571. The maximum atomic E-state index is 12.1. The van der Waals surface area contributed by atoms with Crippen molar-refractivity contribution < 1.29 is 5.11 Å². The molecule has 1 aliphatic carbocycles. The van der Waals surface area contributed by atoms with Crippen LogP contribution in [0.5, 0.6) is 5.75 Å². The van der Waals surface area contributed by atoms with Crippen molar-refractivity contribution in [2.45, 2.75) is 65.0 Å². The number of aromatic nitrogens is 1. The average Bonchev–Trinajstić information content (AvgIpc) is 2.99. The van der Waals surface area contributed by atoms with E-state index in [0.717, 1.165) is 30.9 Å². The Morgan fingerprint density at radius 3 is 2.55 bits per heavy atom. The summed E-state index contributed by atoms with van der Waals surface area (Å²) >= 11 is 0. The highest BCUT2D eigenvalue weighted by molar-refractivity contribution is 5.30. The molecule has 2 unspecified atom stereocenters. The molecule has 2 atom stereocenters. The molecule has 0 radical (unpaired) electrons. The molecule has 1 saturated heterocycles. The second-order valence-corrected chi connectivity index (χ2v) is 7.13. The highest BCUT2D eigenvalue weighted by Gasteiger charge is 2.28. The van der Waals surface area contributed by atoms with Crippen LogP contribution in [0.4, 0.5) is 0 Å². The van der Waals surface area contributed by atoms with Gasteiger partial charge in [0, 0.05) is 24.3 Å². The van der Waals surface area contributed by atoms with Crippen molar-refractivity contribution in [3.63, 3.8) is 0 Å². The molecule has 4 nitrogen and oxygen atoms in total. The number of hydrogen-bond acceptors (Lipinski definition) is 3. The highest BCUT2D eigenvalue weighted by Crippen LogP contribution is 2.36. The van der Waals surface area contributed by atoms with Crippen molar-refractivity contribution in [1.29, 1.82) is 0 Å². The number of aryl methyl sites for hydroxylation is 1. The van der Waals surface area contributed by atoms with Crippen molar-refractivity contribution in [3.05, 3.63) is 27.7 Å². The fraction of sp³-hybridized carbons (Fsp3) is 0.722. The molecule has 1 N–H and O–H groups in total. The van der Waals surface area contributed by atoms with Crippen LogP contribution < -0.4 is 5.43 Å². The first-order chi connectivity index (χ1) is 10.6. The number of rotatable bonds is 3. The summed E-state index contributed by atoms with van der Waals surface area (Å²) in [4.78, 5) is 14.4. The lowest BCUT2D eigenvalue weighted by molar-refractivity contribution is 0.231. The van der Waals surface area contributed by atoms with Gasteiger partial charge in [-0.2, -0.15) is 0 Å². The highest BCUT2D eigenvalue weighted by atomic mass is 16.3. The minimum atomic E-state index is -0.230. The molecule has 0 spiro atoms. The number of aromatic hydroxyl groups is 1. The quantitative estimate of drug-likeness (QED) is 0.932. The van der Waals surface area contributed by atoms with Gasteiger partial charge in [0.05, 0.1) is 5.69 Å². The Morgan fingerprint density at radius 1 is 1.18 bits per heavy atom. The van der Waals surface area contributed by atoms with E-state index in [1.165, 1.54) is 32.1 Å². The largest absolute Gasteiger partial charge is 0.503 e. The number of hydrogen-bond donors (Lipinski definition) is 1. The molecule has 4 heteroatoms. The fourth-order valence-corrected chi connectivity index (χ4v) is 4.24. The lowest BCUT2D eigenvalue weighted by Gasteiger charge is -2.35. The van der Waals surface area contributed by atoms with Crippen LogP contribution in [0.2, 0.25) is 0 Å². The van der Waals surface area contributed by atoms with Gasteiger partial charge in [-0.25, -0.2) is 0 Å². The first kappa shape index (κ1) is 15.6. The third kappa shape index (κ3) is 2.94. The normalized spacial score (nSPS) is 26.5. The first-order valence-corrected chi connectivity index (χ1v) is 8.74. The Morgan fingerprint density at radius 2 is 1.86 bits per heavy atom. The summed E-state index contributed by atoms with van der Waals surface area (Å²) in [6.45, 7) is 7.16. The summed E-state index contributed by atoms with van der Waals surface area (Å²) in [5.41, 5.74) is 1.60. The van der Waals surface area contributed by atoms with Crippen LogP contribution in [-0.2, 0) is 6.54 Å². The topological polar surface area (TPSA) is 45.5 Å². The summed E-state index contributed by atoms with van der Waals surface area (Å²) in [7, 11) is 0. The van der Waals surface area contributed by atoms with Crippen LogP contribution in [0.25, 0.3) is 0 Å². The van der Waals surface area contributed by atoms with Gasteiger partial charge < -0.3 is 9.67 Å². The first-order valence-electron chi connectivity index (χ1n) is 8.74. The van der Waals surface area contributed by atoms with Crippen LogP contribution in [0.15, 0.2) is 10.9 Å². The van der Waals surface area contributed by atoms with Gasteiger partial charge >= 0.3 is 0 Å². The molecule has 122 valence electrons. The zero-order chi connectivity index (χ0) is 15.7. The average molecular weight is 304 g/mol. The van der Waals surface area contributed by atoms with E-state index in [1.807, 2.05) is 6.92 Å². The van der Waals surface area contributed by atoms with Crippen molar-refractivity contribution in [1.82, 2.24) is 9.47 Å². The summed E-state index contributed by atoms with van der Waals surface area (Å²) in [6, 6.07) is 2.02. The molecular weight excluding hydrogens is 276 g/mol. The van der Waals surface area contributed by atoms with E-state index >= 15 is 0 Å². The minimum Gasteiger partial charge on any atom is -0.503 e. The van der Waals surface area contributed by atoms with E-state index < -0.39 is 0 Å². The monoisotopic (exact) mass is 304 g/mol. The molecule has 0 bridgehead atoms. The van der Waals surface area contributed by atoms with Gasteiger partial charge in [-0.15, -0.1) is 0 Å². The van der Waals surface area contributed by atoms with Gasteiger partial charge in [-0.3, -0.25) is 9.69 Å². The predicted molar refractivity (Wildman–Crippen MR) is 88.3 cm³/mol. The van der Waals surface area contributed by atoms with E-state index in [-0.39, 0.29) is 11.2 Å². The van der Waals surface area contributed by atoms with Crippen LogP contribution in [-0.4, -0.2) is 27.7 Å². The molecule has 2 fully saturated rings. The summed E-state index contributed by atoms with van der Waals surface area (Å²) in [5, 5.41) is 10.4. The van der Waals surface area contributed by atoms with Crippen molar-refractivity contribution >= 4 is 0 Å². The number of pyridine rings is 1. The van der Waals surface area contributed by atoms with Gasteiger partial charge in [-0.1, -0.05) is 19.8 Å². The Balaban J connectivity index is 2.02. The molecular formula is C18H28N2O2. The SMILES string of the molecule is Cc1cc(=O)c(O)c(CN2CCCC2)n1C1CCCCC1C. The van der Waals surface area contributed by atoms with E-state index in [1.54, 1.807) is 6.07 Å². The molecule has 0 aromatic carbocycles. The Labute approximate surface area is 132 Å². The van der Waals surface area contributed by atoms with Gasteiger partial charge in [0.2, 0.25) is 5.43 Å². The standard InChI is InChI=1S/C18H28N2O2/c1-13-7-3-4-8-15(13)20-14(2)11-17(21)18(22)16(20)12-19-9-5-6-10-19/h11,13,15,22H,3-10,12H2,1-2H3. The fourth-order valence-electron chi connectivity index (χ4n) is 4.24. The van der Waals surface area contributed by atoms with E-state index in [0.29, 0.717) is 18.5 Å². The minimum absolute atomic E-state index is 0.0322. The van der Waals surface area contributed by atoms with Gasteiger partial charge in [0.25, 0.3) is 0 Å². The van der Waals surface area contributed by atoms with Crippen molar-refractivity contribution in [2.24, 2.45) is 5.92 Å². The third-order valence-corrected chi connectivity index (χ3v) is 5.49. The van der Waals surface area contributed by atoms with Crippen LogP contribution in [0.1, 0.15) is 62.9 Å². The summed E-state index contributed by atoms with van der Waals surface area (Å²) in [6.07, 6.45) is 7.36. The molecule has 1 saturated carbocycles. The molecule has 1 aromatic heterocycles. The van der Waals surface area contributed by atoms with Crippen molar-refractivity contribution in [3.8, 4) is 5.75 Å². The lowest BCUT2D eigenvalue weighted by Crippen LogP contribution is -2.30. The number of likely N-dealkylation sites (tertiary alicyclic amines) is 1. The zero-order valence-electron chi connectivity index (χ0n) is 13.8. The smallest absolute Gasteiger partial charge is 0.223 e.